The lowest BCUT2D eigenvalue weighted by Gasteiger charge is -2.09. The summed E-state index contributed by atoms with van der Waals surface area (Å²) in [5.41, 5.74) is 1.24. The number of hydrogen-bond acceptors (Lipinski definition) is 5. The SMILES string of the molecule is CC(C)c1ccc(S(=O)(=O)NCCC(=O)OCC(=O)c2ccc(F)cc2)cc1. The van der Waals surface area contributed by atoms with Crippen LogP contribution in [0.25, 0.3) is 0 Å². The highest BCUT2D eigenvalue weighted by Gasteiger charge is 2.15. The van der Waals surface area contributed by atoms with Crippen molar-refractivity contribution in [1.82, 2.24) is 4.72 Å². The molecular weight excluding hydrogens is 385 g/mol. The Balaban J connectivity index is 1.79. The van der Waals surface area contributed by atoms with Crippen LogP contribution in [0.1, 0.15) is 42.1 Å². The molecule has 0 radical (unpaired) electrons. The highest BCUT2D eigenvalue weighted by Crippen LogP contribution is 2.17. The molecule has 0 aromatic heterocycles. The summed E-state index contributed by atoms with van der Waals surface area (Å²) in [7, 11) is -3.74. The largest absolute Gasteiger partial charge is 0.457 e. The monoisotopic (exact) mass is 407 g/mol. The maximum Gasteiger partial charge on any atom is 0.307 e. The molecule has 2 rings (SSSR count). The van der Waals surface area contributed by atoms with Crippen LogP contribution >= 0.6 is 0 Å². The van der Waals surface area contributed by atoms with Crippen molar-refractivity contribution in [3.05, 3.63) is 65.5 Å². The third-order valence-corrected chi connectivity index (χ3v) is 5.49. The van der Waals surface area contributed by atoms with Gasteiger partial charge in [-0.1, -0.05) is 26.0 Å². The van der Waals surface area contributed by atoms with Crippen LogP contribution in [0.15, 0.2) is 53.4 Å². The molecule has 0 bridgehead atoms. The Morgan fingerprint density at radius 2 is 1.64 bits per heavy atom. The third kappa shape index (κ3) is 6.24. The average Bonchev–Trinajstić information content (AvgIpc) is 2.66. The van der Waals surface area contributed by atoms with Gasteiger partial charge in [0.15, 0.2) is 12.4 Å². The van der Waals surface area contributed by atoms with Crippen molar-refractivity contribution in [3.8, 4) is 0 Å². The van der Waals surface area contributed by atoms with Crippen LogP contribution in [0.3, 0.4) is 0 Å². The Hall–Kier alpha value is -2.58. The van der Waals surface area contributed by atoms with Crippen LogP contribution in [-0.4, -0.2) is 33.3 Å². The van der Waals surface area contributed by atoms with Crippen molar-refractivity contribution in [1.29, 1.82) is 0 Å². The summed E-state index contributed by atoms with van der Waals surface area (Å²) in [5.74, 6) is -1.37. The Morgan fingerprint density at radius 1 is 1.04 bits per heavy atom. The predicted octanol–water partition coefficient (Wildman–Crippen LogP) is 3.04. The minimum Gasteiger partial charge on any atom is -0.457 e. The maximum absolute atomic E-state index is 12.8. The van der Waals surface area contributed by atoms with Gasteiger partial charge in [0.1, 0.15) is 5.82 Å². The first-order chi connectivity index (χ1) is 13.2. The van der Waals surface area contributed by atoms with Gasteiger partial charge >= 0.3 is 5.97 Å². The smallest absolute Gasteiger partial charge is 0.307 e. The molecule has 0 aliphatic carbocycles. The van der Waals surface area contributed by atoms with E-state index in [9.17, 15) is 22.4 Å². The molecule has 2 aromatic carbocycles. The van der Waals surface area contributed by atoms with Crippen LogP contribution in [0.5, 0.6) is 0 Å². The normalized spacial score (nSPS) is 11.4. The van der Waals surface area contributed by atoms with Crippen molar-refractivity contribution in [2.75, 3.05) is 13.2 Å². The molecule has 0 fully saturated rings. The number of nitrogens with one attached hydrogen (secondary N) is 1. The molecule has 0 atom stereocenters. The summed E-state index contributed by atoms with van der Waals surface area (Å²) >= 11 is 0. The lowest BCUT2D eigenvalue weighted by Crippen LogP contribution is -2.27. The predicted molar refractivity (Wildman–Crippen MR) is 102 cm³/mol. The zero-order valence-electron chi connectivity index (χ0n) is 15.6. The van der Waals surface area contributed by atoms with E-state index in [0.29, 0.717) is 0 Å². The van der Waals surface area contributed by atoms with Gasteiger partial charge in [0, 0.05) is 12.1 Å². The van der Waals surface area contributed by atoms with Crippen molar-refractivity contribution in [3.63, 3.8) is 0 Å². The number of ketones is 1. The van der Waals surface area contributed by atoms with E-state index in [-0.39, 0.29) is 29.3 Å². The zero-order chi connectivity index (χ0) is 20.7. The lowest BCUT2D eigenvalue weighted by atomic mass is 10.0. The molecule has 150 valence electrons. The second-order valence-electron chi connectivity index (χ2n) is 6.46. The van der Waals surface area contributed by atoms with E-state index >= 15 is 0 Å². The van der Waals surface area contributed by atoms with Gasteiger partial charge in [-0.3, -0.25) is 9.59 Å². The first-order valence-corrected chi connectivity index (χ1v) is 10.2. The van der Waals surface area contributed by atoms with Crippen LogP contribution in [-0.2, 0) is 19.6 Å². The Kier molecular flexibility index (Phi) is 7.42. The Morgan fingerprint density at radius 3 is 2.21 bits per heavy atom. The minimum atomic E-state index is -3.74. The van der Waals surface area contributed by atoms with Crippen LogP contribution < -0.4 is 4.72 Å². The van der Waals surface area contributed by atoms with E-state index < -0.39 is 34.2 Å². The van der Waals surface area contributed by atoms with Gasteiger partial charge in [-0.25, -0.2) is 17.5 Å². The second kappa shape index (κ2) is 9.57. The molecule has 0 aliphatic heterocycles. The Labute approximate surface area is 163 Å². The quantitative estimate of drug-likeness (QED) is 0.510. The standard InChI is InChI=1S/C20H22FNO5S/c1-14(2)15-5-9-18(10-6-15)28(25,26)22-12-11-20(24)27-13-19(23)16-3-7-17(21)8-4-16/h3-10,14,22H,11-13H2,1-2H3. The zero-order valence-corrected chi connectivity index (χ0v) is 16.5. The number of carbonyl (C=O) groups is 2. The van der Waals surface area contributed by atoms with Crippen LogP contribution in [0.2, 0.25) is 0 Å². The van der Waals surface area contributed by atoms with Crippen LogP contribution in [0, 0.1) is 5.82 Å². The third-order valence-electron chi connectivity index (χ3n) is 4.01. The molecule has 0 spiro atoms. The fourth-order valence-electron chi connectivity index (χ4n) is 2.34. The molecule has 0 heterocycles. The average molecular weight is 407 g/mol. The number of esters is 1. The summed E-state index contributed by atoms with van der Waals surface area (Å²) in [4.78, 5) is 23.7. The molecule has 0 saturated carbocycles. The van der Waals surface area contributed by atoms with Gasteiger partial charge in [0.05, 0.1) is 11.3 Å². The van der Waals surface area contributed by atoms with Gasteiger partial charge in [-0.2, -0.15) is 0 Å². The van der Waals surface area contributed by atoms with Crippen molar-refractivity contribution < 1.29 is 27.1 Å². The van der Waals surface area contributed by atoms with Gasteiger partial charge in [0.25, 0.3) is 0 Å². The highest BCUT2D eigenvalue weighted by molar-refractivity contribution is 7.89. The molecule has 0 amide bonds. The second-order valence-corrected chi connectivity index (χ2v) is 8.23. The Bertz CT molecular complexity index is 922. The number of halogens is 1. The first kappa shape index (κ1) is 21.7. The maximum atomic E-state index is 12.8. The number of benzene rings is 2. The fraction of sp³-hybridized carbons (Fsp3) is 0.300. The van der Waals surface area contributed by atoms with Crippen LogP contribution in [0.4, 0.5) is 4.39 Å². The summed E-state index contributed by atoms with van der Waals surface area (Å²) in [5, 5.41) is 0. The summed E-state index contributed by atoms with van der Waals surface area (Å²) in [6.45, 7) is 3.37. The lowest BCUT2D eigenvalue weighted by molar-refractivity contribution is -0.142. The summed E-state index contributed by atoms with van der Waals surface area (Å²) in [6, 6.07) is 11.4. The fourth-order valence-corrected chi connectivity index (χ4v) is 3.37. The van der Waals surface area contributed by atoms with Gasteiger partial charge in [0.2, 0.25) is 10.0 Å². The van der Waals surface area contributed by atoms with E-state index in [4.69, 9.17) is 4.74 Å². The molecule has 1 N–H and O–H groups in total. The van der Waals surface area contributed by atoms with Crippen molar-refractivity contribution in [2.24, 2.45) is 0 Å². The van der Waals surface area contributed by atoms with Gasteiger partial charge in [-0.15, -0.1) is 0 Å². The van der Waals surface area contributed by atoms with Crippen molar-refractivity contribution >= 4 is 21.8 Å². The van der Waals surface area contributed by atoms with E-state index in [1.165, 1.54) is 24.3 Å². The molecule has 0 aliphatic rings. The summed E-state index contributed by atoms with van der Waals surface area (Å²) < 4.78 is 44.4. The molecular formula is C20H22FNO5S. The number of Topliss-reactive ketones (excluding diaryl/α,β-unsaturated/α-hetero) is 1. The van der Waals surface area contributed by atoms with E-state index in [1.807, 2.05) is 13.8 Å². The number of sulfonamides is 1. The van der Waals surface area contributed by atoms with E-state index in [0.717, 1.165) is 17.7 Å². The number of rotatable bonds is 9. The van der Waals surface area contributed by atoms with E-state index in [2.05, 4.69) is 4.72 Å². The number of hydrogen-bond donors (Lipinski definition) is 1. The van der Waals surface area contributed by atoms with E-state index in [1.54, 1.807) is 12.1 Å². The molecule has 6 nitrogen and oxygen atoms in total. The number of ether oxygens (including phenoxy) is 1. The number of carbonyl (C=O) groups excluding carboxylic acids is 2. The first-order valence-electron chi connectivity index (χ1n) is 8.73. The minimum absolute atomic E-state index is 0.108. The molecule has 0 unspecified atom stereocenters. The van der Waals surface area contributed by atoms with Gasteiger partial charge in [-0.05, 0) is 47.9 Å². The van der Waals surface area contributed by atoms with Gasteiger partial charge < -0.3 is 4.74 Å². The topological polar surface area (TPSA) is 89.5 Å². The summed E-state index contributed by atoms with van der Waals surface area (Å²) in [6.07, 6.45) is -0.222. The molecule has 8 heteroatoms. The molecule has 0 saturated heterocycles. The van der Waals surface area contributed by atoms with Crippen molar-refractivity contribution in [2.45, 2.75) is 31.1 Å². The highest BCUT2D eigenvalue weighted by atomic mass is 32.2. The molecule has 2 aromatic rings. The molecule has 28 heavy (non-hydrogen) atoms.